The van der Waals surface area contributed by atoms with Crippen molar-refractivity contribution < 1.29 is 14.6 Å². The lowest BCUT2D eigenvalue weighted by molar-refractivity contribution is 0.173. The van der Waals surface area contributed by atoms with Crippen LogP contribution in [-0.4, -0.2) is 21.7 Å². The largest absolute Gasteiger partial charge is 0.454 e. The molecule has 0 saturated carbocycles. The zero-order chi connectivity index (χ0) is 14.1. The molecule has 20 heavy (non-hydrogen) atoms. The Labute approximate surface area is 125 Å². The van der Waals surface area contributed by atoms with Crippen molar-refractivity contribution in [1.29, 1.82) is 0 Å². The first kappa shape index (κ1) is 13.5. The lowest BCUT2D eigenvalue weighted by atomic mass is 10.0. The van der Waals surface area contributed by atoms with Gasteiger partial charge in [-0.1, -0.05) is 6.92 Å². The number of aryl methyl sites for hydroxylation is 1. The molecule has 1 aromatic heterocycles. The van der Waals surface area contributed by atoms with Gasteiger partial charge in [-0.2, -0.15) is 5.10 Å². The van der Waals surface area contributed by atoms with Crippen LogP contribution in [0.1, 0.15) is 30.6 Å². The Hall–Kier alpha value is -1.53. The molecule has 5 nitrogen and oxygen atoms in total. The molecule has 1 aliphatic rings. The summed E-state index contributed by atoms with van der Waals surface area (Å²) in [7, 11) is 0. The van der Waals surface area contributed by atoms with Gasteiger partial charge in [-0.25, -0.2) is 0 Å². The first-order chi connectivity index (χ1) is 9.69. The topological polar surface area (TPSA) is 56.5 Å². The zero-order valence-electron chi connectivity index (χ0n) is 11.0. The summed E-state index contributed by atoms with van der Waals surface area (Å²) in [6, 6.07) is 3.64. The predicted octanol–water partition coefficient (Wildman–Crippen LogP) is 2.87. The maximum atomic E-state index is 10.5. The molecule has 0 amide bonds. The number of rotatable bonds is 4. The lowest BCUT2D eigenvalue weighted by Gasteiger charge is -2.10. The van der Waals surface area contributed by atoms with Gasteiger partial charge in [0.25, 0.3) is 0 Å². The Morgan fingerprint density at radius 1 is 1.40 bits per heavy atom. The number of aliphatic hydroxyl groups is 1. The number of aliphatic hydroxyl groups excluding tert-OH is 1. The van der Waals surface area contributed by atoms with Crippen LogP contribution in [0, 0.1) is 0 Å². The van der Waals surface area contributed by atoms with Gasteiger partial charge in [-0.05, 0) is 40.0 Å². The van der Waals surface area contributed by atoms with E-state index in [1.807, 2.05) is 16.9 Å². The van der Waals surface area contributed by atoms with Crippen LogP contribution in [0.15, 0.2) is 29.0 Å². The van der Waals surface area contributed by atoms with Crippen molar-refractivity contribution in [2.24, 2.45) is 0 Å². The van der Waals surface area contributed by atoms with Gasteiger partial charge in [0.1, 0.15) is 6.10 Å². The van der Waals surface area contributed by atoms with Crippen molar-refractivity contribution in [3.05, 3.63) is 40.1 Å². The van der Waals surface area contributed by atoms with Crippen LogP contribution >= 0.6 is 15.9 Å². The summed E-state index contributed by atoms with van der Waals surface area (Å²) in [5.41, 5.74) is 1.52. The fourth-order valence-electron chi connectivity index (χ4n) is 2.21. The number of benzene rings is 1. The van der Waals surface area contributed by atoms with Crippen LogP contribution in [0.5, 0.6) is 11.5 Å². The molecule has 106 valence electrons. The van der Waals surface area contributed by atoms with Gasteiger partial charge >= 0.3 is 0 Å². The Morgan fingerprint density at radius 3 is 3.05 bits per heavy atom. The highest BCUT2D eigenvalue weighted by Gasteiger charge is 2.21. The highest BCUT2D eigenvalue weighted by atomic mass is 79.9. The molecule has 1 atom stereocenters. The van der Waals surface area contributed by atoms with Crippen molar-refractivity contribution in [3.8, 4) is 11.5 Å². The van der Waals surface area contributed by atoms with E-state index in [0.717, 1.165) is 28.6 Å². The van der Waals surface area contributed by atoms with Crippen LogP contribution in [0.25, 0.3) is 0 Å². The number of hydrogen-bond donors (Lipinski definition) is 1. The average Bonchev–Trinajstić information content (AvgIpc) is 3.07. The molecule has 0 aliphatic carbocycles. The summed E-state index contributed by atoms with van der Waals surface area (Å²) in [5, 5.41) is 14.7. The van der Waals surface area contributed by atoms with E-state index >= 15 is 0 Å². The van der Waals surface area contributed by atoms with Crippen LogP contribution in [-0.2, 0) is 6.54 Å². The number of fused-ring (bicyclic) bond motifs is 1. The SMILES string of the molecule is CCCn1cc(C(O)c2cc(Br)c3c(c2)OCO3)cn1. The number of aromatic nitrogens is 2. The molecule has 0 radical (unpaired) electrons. The number of nitrogens with zero attached hydrogens (tertiary/aromatic N) is 2. The second kappa shape index (κ2) is 5.46. The molecule has 1 aromatic carbocycles. The molecular formula is C14H15BrN2O3. The molecule has 0 bridgehead atoms. The monoisotopic (exact) mass is 338 g/mol. The average molecular weight is 339 g/mol. The second-order valence-corrected chi connectivity index (χ2v) is 5.53. The van der Waals surface area contributed by atoms with Gasteiger partial charge in [-0.15, -0.1) is 0 Å². The molecule has 3 rings (SSSR count). The fourth-order valence-corrected chi connectivity index (χ4v) is 2.78. The predicted molar refractivity (Wildman–Crippen MR) is 76.8 cm³/mol. The van der Waals surface area contributed by atoms with E-state index in [1.54, 1.807) is 12.3 Å². The molecule has 0 fully saturated rings. The Kier molecular flexibility index (Phi) is 3.67. The summed E-state index contributed by atoms with van der Waals surface area (Å²) < 4.78 is 13.3. The number of hydrogen-bond acceptors (Lipinski definition) is 4. The minimum Gasteiger partial charge on any atom is -0.454 e. The van der Waals surface area contributed by atoms with Gasteiger partial charge in [0.15, 0.2) is 11.5 Å². The van der Waals surface area contributed by atoms with E-state index in [4.69, 9.17) is 9.47 Å². The molecular weight excluding hydrogens is 324 g/mol. The van der Waals surface area contributed by atoms with Crippen LogP contribution < -0.4 is 9.47 Å². The minimum atomic E-state index is -0.730. The number of halogens is 1. The smallest absolute Gasteiger partial charge is 0.231 e. The molecule has 1 N–H and O–H groups in total. The minimum absolute atomic E-state index is 0.210. The highest BCUT2D eigenvalue weighted by molar-refractivity contribution is 9.10. The first-order valence-electron chi connectivity index (χ1n) is 6.48. The summed E-state index contributed by atoms with van der Waals surface area (Å²) in [6.07, 6.45) is 3.84. The van der Waals surface area contributed by atoms with Gasteiger partial charge in [0.05, 0.1) is 10.7 Å². The van der Waals surface area contributed by atoms with E-state index in [9.17, 15) is 5.11 Å². The van der Waals surface area contributed by atoms with E-state index in [0.29, 0.717) is 11.5 Å². The van der Waals surface area contributed by atoms with E-state index in [1.165, 1.54) is 0 Å². The molecule has 2 heterocycles. The first-order valence-corrected chi connectivity index (χ1v) is 7.27. The van der Waals surface area contributed by atoms with Crippen molar-refractivity contribution in [2.75, 3.05) is 6.79 Å². The molecule has 0 spiro atoms. The molecule has 1 aliphatic heterocycles. The highest BCUT2D eigenvalue weighted by Crippen LogP contribution is 2.41. The fraction of sp³-hybridized carbons (Fsp3) is 0.357. The van der Waals surface area contributed by atoms with Crippen LogP contribution in [0.2, 0.25) is 0 Å². The summed E-state index contributed by atoms with van der Waals surface area (Å²) >= 11 is 3.43. The van der Waals surface area contributed by atoms with Crippen molar-refractivity contribution >= 4 is 15.9 Å². The Morgan fingerprint density at radius 2 is 2.25 bits per heavy atom. The van der Waals surface area contributed by atoms with Crippen molar-refractivity contribution in [1.82, 2.24) is 9.78 Å². The zero-order valence-corrected chi connectivity index (χ0v) is 12.6. The Balaban J connectivity index is 1.89. The van der Waals surface area contributed by atoms with Gasteiger partial charge in [0.2, 0.25) is 6.79 Å². The van der Waals surface area contributed by atoms with Gasteiger partial charge in [0, 0.05) is 18.3 Å². The molecule has 0 saturated heterocycles. The third kappa shape index (κ3) is 2.41. The van der Waals surface area contributed by atoms with Gasteiger partial charge < -0.3 is 14.6 Å². The normalized spacial score (nSPS) is 14.6. The number of ether oxygens (including phenoxy) is 2. The Bertz CT molecular complexity index is 627. The van der Waals surface area contributed by atoms with Crippen molar-refractivity contribution in [2.45, 2.75) is 26.0 Å². The summed E-state index contributed by atoms with van der Waals surface area (Å²) in [6.45, 7) is 3.15. The second-order valence-electron chi connectivity index (χ2n) is 4.68. The molecule has 6 heteroatoms. The van der Waals surface area contributed by atoms with Crippen LogP contribution in [0.4, 0.5) is 0 Å². The summed E-state index contributed by atoms with van der Waals surface area (Å²) in [5.74, 6) is 1.33. The van der Waals surface area contributed by atoms with E-state index in [2.05, 4.69) is 28.0 Å². The van der Waals surface area contributed by atoms with Crippen LogP contribution in [0.3, 0.4) is 0 Å². The standard InChI is InChI=1S/C14H15BrN2O3/c1-2-3-17-7-10(6-16-17)13(18)9-4-11(15)14-12(5-9)19-8-20-14/h4-7,13,18H,2-3,8H2,1H3. The van der Waals surface area contributed by atoms with E-state index in [-0.39, 0.29) is 6.79 Å². The van der Waals surface area contributed by atoms with Crippen molar-refractivity contribution in [3.63, 3.8) is 0 Å². The maximum Gasteiger partial charge on any atom is 0.231 e. The third-order valence-corrected chi connectivity index (χ3v) is 3.78. The summed E-state index contributed by atoms with van der Waals surface area (Å²) in [4.78, 5) is 0. The molecule has 1 unspecified atom stereocenters. The molecule has 2 aromatic rings. The maximum absolute atomic E-state index is 10.5. The quantitative estimate of drug-likeness (QED) is 0.931. The third-order valence-electron chi connectivity index (χ3n) is 3.19. The lowest BCUT2D eigenvalue weighted by Crippen LogP contribution is -2.00. The van der Waals surface area contributed by atoms with Gasteiger partial charge in [-0.3, -0.25) is 4.68 Å². The van der Waals surface area contributed by atoms with E-state index < -0.39 is 6.10 Å².